The van der Waals surface area contributed by atoms with Crippen molar-refractivity contribution in [3.63, 3.8) is 0 Å². The summed E-state index contributed by atoms with van der Waals surface area (Å²) in [5.41, 5.74) is 3.45. The molecule has 5 rings (SSSR count). The van der Waals surface area contributed by atoms with Gasteiger partial charge in [0.25, 0.3) is 0 Å². The van der Waals surface area contributed by atoms with Gasteiger partial charge in [0.05, 0.1) is 18.3 Å². The predicted octanol–water partition coefficient (Wildman–Crippen LogP) is 2.87. The van der Waals surface area contributed by atoms with Crippen LogP contribution in [0.1, 0.15) is 23.0 Å². The number of hydrogen-bond donors (Lipinski definition) is 1. The van der Waals surface area contributed by atoms with E-state index < -0.39 is 0 Å². The van der Waals surface area contributed by atoms with Gasteiger partial charge in [0.15, 0.2) is 5.82 Å². The molecular weight excluding hydrogens is 372 g/mol. The van der Waals surface area contributed by atoms with Crippen LogP contribution >= 0.6 is 11.6 Å². The van der Waals surface area contributed by atoms with Crippen LogP contribution in [-0.2, 0) is 6.54 Å². The highest BCUT2D eigenvalue weighted by molar-refractivity contribution is 6.30. The second-order valence-corrected chi connectivity index (χ2v) is 7.91. The highest BCUT2D eigenvalue weighted by atomic mass is 35.5. The molecule has 0 saturated carbocycles. The minimum atomic E-state index is 0.0527. The van der Waals surface area contributed by atoms with Gasteiger partial charge in [-0.05, 0) is 36.4 Å². The second-order valence-electron chi connectivity index (χ2n) is 7.47. The molecule has 28 heavy (non-hydrogen) atoms. The van der Waals surface area contributed by atoms with Crippen LogP contribution in [0.4, 0.5) is 5.95 Å². The fourth-order valence-electron chi connectivity index (χ4n) is 4.09. The molecule has 0 amide bonds. The van der Waals surface area contributed by atoms with Crippen molar-refractivity contribution >= 4 is 17.5 Å². The van der Waals surface area contributed by atoms with Crippen molar-refractivity contribution in [2.75, 3.05) is 38.1 Å². The topological polar surface area (TPSA) is 49.2 Å². The molecule has 3 heterocycles. The summed E-state index contributed by atoms with van der Waals surface area (Å²) in [5.74, 6) is 1.85. The quantitative estimate of drug-likeness (QED) is 0.724. The fourth-order valence-corrected chi connectivity index (χ4v) is 4.27. The van der Waals surface area contributed by atoms with E-state index in [1.807, 2.05) is 12.1 Å². The third-order valence-corrected chi connectivity index (χ3v) is 5.87. The average Bonchev–Trinajstić information content (AvgIpc) is 3.06. The van der Waals surface area contributed by atoms with Crippen molar-refractivity contribution in [1.82, 2.24) is 25.0 Å². The van der Waals surface area contributed by atoms with Crippen LogP contribution in [0.3, 0.4) is 0 Å². The molecule has 1 atom stereocenters. The fraction of sp³-hybridized carbons (Fsp3) is 0.333. The first-order valence-corrected chi connectivity index (χ1v) is 10.0. The average molecular weight is 395 g/mol. The number of likely N-dealkylation sites (N-methyl/N-ethyl adjacent to an activating group) is 1. The van der Waals surface area contributed by atoms with Gasteiger partial charge in [-0.15, -0.1) is 10.2 Å². The van der Waals surface area contributed by atoms with Gasteiger partial charge in [-0.25, -0.2) is 0 Å². The van der Waals surface area contributed by atoms with Gasteiger partial charge in [0, 0.05) is 31.2 Å². The van der Waals surface area contributed by atoms with E-state index in [2.05, 4.69) is 73.3 Å². The number of piperazine rings is 1. The van der Waals surface area contributed by atoms with Crippen LogP contribution in [0.25, 0.3) is 5.69 Å². The Morgan fingerprint density at radius 2 is 1.79 bits per heavy atom. The number of aromatic nitrogens is 3. The lowest BCUT2D eigenvalue weighted by Gasteiger charge is -2.33. The highest BCUT2D eigenvalue weighted by Crippen LogP contribution is 2.35. The van der Waals surface area contributed by atoms with Gasteiger partial charge in [0.1, 0.15) is 0 Å². The maximum absolute atomic E-state index is 6.40. The minimum Gasteiger partial charge on any atom is -0.338 e. The number of anilines is 1. The summed E-state index contributed by atoms with van der Waals surface area (Å²) in [5, 5.41) is 13.5. The summed E-state index contributed by atoms with van der Waals surface area (Å²) in [6, 6.07) is 16.6. The first-order valence-electron chi connectivity index (χ1n) is 9.66. The summed E-state index contributed by atoms with van der Waals surface area (Å²) in [7, 11) is 2.16. The standard InChI is InChI=1S/C21H23ClN6/c1-26-9-11-27(12-10-26)21-25-24-19-14-23-20(15-5-3-2-4-6-15)17-13-16(22)7-8-18(17)28(19)21/h2-8,13,20,23H,9-12,14H2,1H3. The molecule has 0 bridgehead atoms. The Morgan fingerprint density at radius 1 is 1.00 bits per heavy atom. The van der Waals surface area contributed by atoms with Crippen LogP contribution in [0.5, 0.6) is 0 Å². The van der Waals surface area contributed by atoms with Crippen molar-refractivity contribution in [3.8, 4) is 5.69 Å². The molecule has 1 fully saturated rings. The Hall–Kier alpha value is -2.41. The molecule has 6 nitrogen and oxygen atoms in total. The molecule has 0 radical (unpaired) electrons. The molecule has 2 aliphatic rings. The van der Waals surface area contributed by atoms with Crippen molar-refractivity contribution in [1.29, 1.82) is 0 Å². The number of benzene rings is 2. The third-order valence-electron chi connectivity index (χ3n) is 5.64. The van der Waals surface area contributed by atoms with Crippen LogP contribution in [0, 0.1) is 0 Å². The van der Waals surface area contributed by atoms with Crippen molar-refractivity contribution in [3.05, 3.63) is 70.5 Å². The number of nitrogens with zero attached hydrogens (tertiary/aromatic N) is 5. The van der Waals surface area contributed by atoms with E-state index >= 15 is 0 Å². The predicted molar refractivity (Wildman–Crippen MR) is 111 cm³/mol. The Labute approximate surface area is 169 Å². The summed E-state index contributed by atoms with van der Waals surface area (Å²) in [4.78, 5) is 4.68. The minimum absolute atomic E-state index is 0.0527. The van der Waals surface area contributed by atoms with Gasteiger partial charge in [-0.2, -0.15) is 0 Å². The van der Waals surface area contributed by atoms with E-state index in [0.29, 0.717) is 6.54 Å². The molecule has 1 saturated heterocycles. The zero-order valence-electron chi connectivity index (χ0n) is 15.8. The molecule has 3 aromatic rings. The van der Waals surface area contributed by atoms with Gasteiger partial charge in [-0.3, -0.25) is 9.88 Å². The lowest BCUT2D eigenvalue weighted by molar-refractivity contribution is 0.310. The smallest absolute Gasteiger partial charge is 0.232 e. The normalized spacial score (nSPS) is 19.8. The van der Waals surface area contributed by atoms with Gasteiger partial charge in [-0.1, -0.05) is 41.9 Å². The lowest BCUT2D eigenvalue weighted by Crippen LogP contribution is -2.45. The van der Waals surface area contributed by atoms with Gasteiger partial charge >= 0.3 is 0 Å². The molecule has 0 aliphatic carbocycles. The van der Waals surface area contributed by atoms with E-state index in [0.717, 1.165) is 54.2 Å². The number of halogens is 1. The van der Waals surface area contributed by atoms with Gasteiger partial charge < -0.3 is 9.80 Å². The van der Waals surface area contributed by atoms with Crippen LogP contribution in [-0.4, -0.2) is 52.9 Å². The van der Waals surface area contributed by atoms with Crippen LogP contribution < -0.4 is 10.2 Å². The molecule has 1 N–H and O–H groups in total. The van der Waals surface area contributed by atoms with Crippen molar-refractivity contribution in [2.45, 2.75) is 12.6 Å². The van der Waals surface area contributed by atoms with Crippen molar-refractivity contribution < 1.29 is 0 Å². The molecule has 7 heteroatoms. The number of hydrogen-bond acceptors (Lipinski definition) is 5. The van der Waals surface area contributed by atoms with E-state index in [1.54, 1.807) is 0 Å². The summed E-state index contributed by atoms with van der Waals surface area (Å²) < 4.78 is 2.20. The molecule has 2 aliphatic heterocycles. The first-order chi connectivity index (χ1) is 13.7. The Bertz CT molecular complexity index is 978. The molecular formula is C21H23ClN6. The highest BCUT2D eigenvalue weighted by Gasteiger charge is 2.29. The number of nitrogens with one attached hydrogen (secondary N) is 1. The van der Waals surface area contributed by atoms with E-state index in [-0.39, 0.29) is 6.04 Å². The SMILES string of the molecule is CN1CCN(c2nnc3n2-c2ccc(Cl)cc2C(c2ccccc2)NC3)CC1. The molecule has 1 unspecified atom stereocenters. The first kappa shape index (κ1) is 17.7. The molecule has 144 valence electrons. The lowest BCUT2D eigenvalue weighted by atomic mass is 9.97. The Kier molecular flexibility index (Phi) is 4.55. The zero-order chi connectivity index (χ0) is 19.1. The second kappa shape index (κ2) is 7.20. The molecule has 1 aromatic heterocycles. The Balaban J connectivity index is 1.63. The van der Waals surface area contributed by atoms with Crippen LogP contribution in [0.15, 0.2) is 48.5 Å². The van der Waals surface area contributed by atoms with Crippen LogP contribution in [0.2, 0.25) is 5.02 Å². The molecule has 2 aromatic carbocycles. The van der Waals surface area contributed by atoms with Crippen molar-refractivity contribution in [2.24, 2.45) is 0 Å². The number of fused-ring (bicyclic) bond motifs is 3. The number of rotatable bonds is 2. The van der Waals surface area contributed by atoms with E-state index in [9.17, 15) is 0 Å². The monoisotopic (exact) mass is 394 g/mol. The summed E-state index contributed by atoms with van der Waals surface area (Å²) in [6.07, 6.45) is 0. The third kappa shape index (κ3) is 3.07. The van der Waals surface area contributed by atoms with E-state index in [1.165, 1.54) is 5.56 Å². The van der Waals surface area contributed by atoms with Gasteiger partial charge in [0.2, 0.25) is 5.95 Å². The van der Waals surface area contributed by atoms with E-state index in [4.69, 9.17) is 11.6 Å². The maximum atomic E-state index is 6.40. The Morgan fingerprint density at radius 3 is 2.57 bits per heavy atom. The maximum Gasteiger partial charge on any atom is 0.232 e. The zero-order valence-corrected chi connectivity index (χ0v) is 16.6. The summed E-state index contributed by atoms with van der Waals surface area (Å²) >= 11 is 6.40. The summed E-state index contributed by atoms with van der Waals surface area (Å²) in [6.45, 7) is 4.61. The molecule has 0 spiro atoms. The largest absolute Gasteiger partial charge is 0.338 e.